The van der Waals surface area contributed by atoms with Gasteiger partial charge >= 0.3 is 5.97 Å². The Morgan fingerprint density at radius 1 is 1.23 bits per heavy atom. The molecule has 1 saturated heterocycles. The zero-order valence-electron chi connectivity index (χ0n) is 17.7. The Morgan fingerprint density at radius 2 is 1.90 bits per heavy atom. The summed E-state index contributed by atoms with van der Waals surface area (Å²) in [6.07, 6.45) is 4.27. The van der Waals surface area contributed by atoms with Crippen molar-refractivity contribution in [3.8, 4) is 0 Å². The average molecular weight is 434 g/mol. The first kappa shape index (κ1) is 21.5. The molecule has 0 spiro atoms. The third-order valence-corrected chi connectivity index (χ3v) is 6.99. The van der Waals surface area contributed by atoms with Crippen LogP contribution in [0, 0.1) is 23.5 Å². The maximum atomic E-state index is 16.0. The van der Waals surface area contributed by atoms with Gasteiger partial charge in [0.05, 0.1) is 16.6 Å². The Kier molecular flexibility index (Phi) is 5.41. The van der Waals surface area contributed by atoms with Crippen molar-refractivity contribution in [3.63, 3.8) is 0 Å². The van der Waals surface area contributed by atoms with Gasteiger partial charge < -0.3 is 26.0 Å². The van der Waals surface area contributed by atoms with Crippen molar-refractivity contribution in [2.45, 2.75) is 51.6 Å². The summed E-state index contributed by atoms with van der Waals surface area (Å²) < 4.78 is 33.0. The molecule has 2 aliphatic rings. The number of hydrogen-bond donors (Lipinski definition) is 3. The zero-order valence-corrected chi connectivity index (χ0v) is 17.7. The van der Waals surface area contributed by atoms with Crippen LogP contribution in [0.15, 0.2) is 11.0 Å². The summed E-state index contributed by atoms with van der Waals surface area (Å²) in [6.45, 7) is 4.76. The Labute approximate surface area is 178 Å². The summed E-state index contributed by atoms with van der Waals surface area (Å²) in [5.41, 5.74) is 9.61. The van der Waals surface area contributed by atoms with E-state index in [1.807, 2.05) is 13.8 Å². The number of hydrogen-bond acceptors (Lipinski definition) is 5. The Bertz CT molecular complexity index is 1110. The number of halogens is 2. The van der Waals surface area contributed by atoms with Gasteiger partial charge in [-0.15, -0.1) is 0 Å². The minimum Gasteiger partial charge on any atom is -0.477 e. The van der Waals surface area contributed by atoms with Gasteiger partial charge in [-0.2, -0.15) is 0 Å². The maximum Gasteiger partial charge on any atom is 0.341 e. The highest BCUT2D eigenvalue weighted by Gasteiger charge is 2.42. The van der Waals surface area contributed by atoms with Gasteiger partial charge in [0.2, 0.25) is 5.43 Å². The Morgan fingerprint density at radius 3 is 2.42 bits per heavy atom. The molecule has 1 aliphatic carbocycles. The van der Waals surface area contributed by atoms with Crippen molar-refractivity contribution in [1.82, 2.24) is 4.57 Å². The molecule has 0 bridgehead atoms. The molecule has 3 atom stereocenters. The van der Waals surface area contributed by atoms with Gasteiger partial charge in [-0.25, -0.2) is 13.6 Å². The van der Waals surface area contributed by atoms with Crippen LogP contribution in [0.4, 0.5) is 20.2 Å². The van der Waals surface area contributed by atoms with Crippen molar-refractivity contribution in [2.24, 2.45) is 17.6 Å². The van der Waals surface area contributed by atoms with E-state index in [4.69, 9.17) is 11.5 Å². The zero-order chi connectivity index (χ0) is 22.6. The fourth-order valence-corrected chi connectivity index (χ4v) is 5.26. The Hall–Kier alpha value is -2.68. The average Bonchev–Trinajstić information content (AvgIpc) is 3.52. The van der Waals surface area contributed by atoms with Gasteiger partial charge in [0.15, 0.2) is 11.6 Å². The number of rotatable bonds is 6. The monoisotopic (exact) mass is 434 g/mol. The van der Waals surface area contributed by atoms with Crippen LogP contribution in [0.3, 0.4) is 0 Å². The number of carboxylic acids is 1. The summed E-state index contributed by atoms with van der Waals surface area (Å²) in [5.74, 6) is -2.95. The Balaban J connectivity index is 2.03. The van der Waals surface area contributed by atoms with Crippen LogP contribution in [0.25, 0.3) is 10.9 Å². The lowest BCUT2D eigenvalue weighted by Gasteiger charge is -2.30. The first-order valence-corrected chi connectivity index (χ1v) is 10.8. The summed E-state index contributed by atoms with van der Waals surface area (Å²) in [6, 6.07) is -0.403. The minimum absolute atomic E-state index is 0.129. The molecule has 4 rings (SSSR count). The molecule has 1 saturated carbocycles. The third-order valence-electron chi connectivity index (χ3n) is 6.99. The number of nitrogen functional groups attached to an aromatic ring is 1. The first-order chi connectivity index (χ1) is 14.8. The molecule has 0 radical (unpaired) electrons. The van der Waals surface area contributed by atoms with Gasteiger partial charge in [0.1, 0.15) is 11.3 Å². The number of benzene rings is 1. The highest BCUT2D eigenvalue weighted by Crippen LogP contribution is 2.45. The normalized spacial score (nSPS) is 23.6. The molecule has 5 N–H and O–H groups in total. The number of anilines is 2. The molecule has 0 amide bonds. The standard InChI is InChI=1S/C22H28F2N4O3/c1-3-10-8-28(14(7-25)12(10)4-2)20-16(23)18(26)15-19(17(20)24)27(11-5-6-11)9-13(21(15)29)22(30)31/h9-12,14H,3-8,25-26H2,1-2H3,(H,30,31)/t10-,12?,14-/m1/s1. The summed E-state index contributed by atoms with van der Waals surface area (Å²) in [7, 11) is 0. The van der Waals surface area contributed by atoms with E-state index < -0.39 is 39.7 Å². The van der Waals surface area contributed by atoms with Gasteiger partial charge in [0.25, 0.3) is 0 Å². The summed E-state index contributed by atoms with van der Waals surface area (Å²) in [4.78, 5) is 26.0. The van der Waals surface area contributed by atoms with Crippen molar-refractivity contribution >= 4 is 28.2 Å². The quantitative estimate of drug-likeness (QED) is 0.602. The molecule has 2 fully saturated rings. The van der Waals surface area contributed by atoms with Crippen molar-refractivity contribution in [3.05, 3.63) is 33.6 Å². The molecule has 7 nitrogen and oxygen atoms in total. The van der Waals surface area contributed by atoms with Gasteiger partial charge in [0, 0.05) is 31.4 Å². The number of carbonyl (C=O) groups is 1. The molecule has 1 aliphatic heterocycles. The SMILES string of the molecule is CCC1[C@H](CC)CN(c2c(F)c(N)c3c(=O)c(C(=O)O)cn(C4CC4)c3c2F)[C@@H]1CN. The highest BCUT2D eigenvalue weighted by molar-refractivity contribution is 5.99. The van der Waals surface area contributed by atoms with Crippen LogP contribution in [0.1, 0.15) is 55.9 Å². The van der Waals surface area contributed by atoms with Crippen LogP contribution < -0.4 is 21.8 Å². The summed E-state index contributed by atoms with van der Waals surface area (Å²) in [5, 5.41) is 9.01. The van der Waals surface area contributed by atoms with E-state index in [-0.39, 0.29) is 41.7 Å². The topological polar surface area (TPSA) is 115 Å². The smallest absolute Gasteiger partial charge is 0.341 e. The molecule has 1 aromatic carbocycles. The number of carboxylic acid groups (broad SMARTS) is 1. The highest BCUT2D eigenvalue weighted by atomic mass is 19.1. The number of nitrogens with zero attached hydrogens (tertiary/aromatic N) is 2. The number of pyridine rings is 1. The van der Waals surface area contributed by atoms with E-state index in [0.717, 1.165) is 19.0 Å². The van der Waals surface area contributed by atoms with Crippen LogP contribution >= 0.6 is 0 Å². The number of fused-ring (bicyclic) bond motifs is 1. The second-order valence-electron chi connectivity index (χ2n) is 8.63. The van der Waals surface area contributed by atoms with Crippen molar-refractivity contribution < 1.29 is 18.7 Å². The van der Waals surface area contributed by atoms with Crippen LogP contribution in [-0.4, -0.2) is 34.8 Å². The number of aromatic carboxylic acids is 1. The molecular formula is C22H28F2N4O3. The fourth-order valence-electron chi connectivity index (χ4n) is 5.26. The predicted octanol–water partition coefficient (Wildman–Crippen LogP) is 3.09. The van der Waals surface area contributed by atoms with Crippen LogP contribution in [0.2, 0.25) is 0 Å². The predicted molar refractivity (Wildman–Crippen MR) is 116 cm³/mol. The maximum absolute atomic E-state index is 16.0. The summed E-state index contributed by atoms with van der Waals surface area (Å²) >= 11 is 0. The van der Waals surface area contributed by atoms with E-state index >= 15 is 8.78 Å². The lowest BCUT2D eigenvalue weighted by atomic mass is 9.86. The van der Waals surface area contributed by atoms with Gasteiger partial charge in [-0.05, 0) is 24.7 Å². The molecule has 2 heterocycles. The van der Waals surface area contributed by atoms with E-state index in [0.29, 0.717) is 19.4 Å². The van der Waals surface area contributed by atoms with Crippen LogP contribution in [-0.2, 0) is 0 Å². The third kappa shape index (κ3) is 3.17. The van der Waals surface area contributed by atoms with E-state index in [1.165, 1.54) is 4.57 Å². The molecular weight excluding hydrogens is 406 g/mol. The second kappa shape index (κ2) is 7.78. The molecule has 2 aromatic rings. The number of nitrogens with two attached hydrogens (primary N) is 2. The lowest BCUT2D eigenvalue weighted by Crippen LogP contribution is -2.40. The van der Waals surface area contributed by atoms with Gasteiger partial charge in [-0.1, -0.05) is 26.7 Å². The first-order valence-electron chi connectivity index (χ1n) is 10.8. The van der Waals surface area contributed by atoms with E-state index in [1.54, 1.807) is 4.90 Å². The number of aromatic nitrogens is 1. The van der Waals surface area contributed by atoms with Crippen molar-refractivity contribution in [2.75, 3.05) is 23.7 Å². The lowest BCUT2D eigenvalue weighted by molar-refractivity contribution is 0.0695. The minimum atomic E-state index is -1.45. The van der Waals surface area contributed by atoms with Crippen molar-refractivity contribution in [1.29, 1.82) is 0 Å². The van der Waals surface area contributed by atoms with Gasteiger partial charge in [-0.3, -0.25) is 4.79 Å². The molecule has 9 heteroatoms. The molecule has 168 valence electrons. The fraction of sp³-hybridized carbons (Fsp3) is 0.545. The molecule has 1 aromatic heterocycles. The van der Waals surface area contributed by atoms with Crippen LogP contribution in [0.5, 0.6) is 0 Å². The molecule has 31 heavy (non-hydrogen) atoms. The largest absolute Gasteiger partial charge is 0.477 e. The van der Waals surface area contributed by atoms with E-state index in [2.05, 4.69) is 0 Å². The molecule has 1 unspecified atom stereocenters. The second-order valence-corrected chi connectivity index (χ2v) is 8.63. The van der Waals surface area contributed by atoms with E-state index in [9.17, 15) is 14.7 Å².